The number of aliphatic hydroxyl groups excluding tert-OH is 2. The zero-order valence-electron chi connectivity index (χ0n) is 43.1. The lowest BCUT2D eigenvalue weighted by atomic mass is 9.78. The Kier molecular flexibility index (Phi) is 25.8. The second-order valence-electron chi connectivity index (χ2n) is 20.1. The number of ketones is 3. The normalized spacial score (nSPS) is 38.1. The van der Waals surface area contributed by atoms with Crippen LogP contribution in [0.15, 0.2) is 47.6 Å². The van der Waals surface area contributed by atoms with Crippen molar-refractivity contribution >= 4 is 57.8 Å². The molecule has 4 rings (SSSR count). The van der Waals surface area contributed by atoms with Gasteiger partial charge in [0.2, 0.25) is 5.79 Å². The molecule has 17 heteroatoms. The van der Waals surface area contributed by atoms with Crippen molar-refractivity contribution in [2.45, 2.75) is 180 Å². The Bertz CT molecular complexity index is 1880. The molecule has 16 nitrogen and oxygen atoms in total. The van der Waals surface area contributed by atoms with Crippen LogP contribution in [0.4, 0.5) is 0 Å². The van der Waals surface area contributed by atoms with E-state index in [2.05, 4.69) is 0 Å². The number of halogens is 1. The van der Waals surface area contributed by atoms with Crippen LogP contribution in [0.5, 0.6) is 0 Å². The number of fused-ring (bicyclic) bond motifs is 3. The molecule has 0 aromatic heterocycles. The van der Waals surface area contributed by atoms with Gasteiger partial charge in [-0.15, -0.1) is 0 Å². The number of hydrogen-bond donors (Lipinski definition) is 4. The number of amides is 1. The highest BCUT2D eigenvalue weighted by molar-refractivity contribution is 14.1. The van der Waals surface area contributed by atoms with E-state index in [0.717, 1.165) is 12.0 Å². The van der Waals surface area contributed by atoms with Crippen LogP contribution in [-0.4, -0.2) is 147 Å². The Morgan fingerprint density at radius 3 is 2.20 bits per heavy atom. The molecule has 2 bridgehead atoms. The highest BCUT2D eigenvalue weighted by Crippen LogP contribution is 2.38. The van der Waals surface area contributed by atoms with Gasteiger partial charge in [0.1, 0.15) is 30.1 Å². The van der Waals surface area contributed by atoms with E-state index < -0.39 is 89.8 Å². The molecule has 4 aliphatic rings. The number of allylic oxidation sites excluding steroid dienone is 6. The molecule has 396 valence electrons. The van der Waals surface area contributed by atoms with Gasteiger partial charge in [0, 0.05) is 58.5 Å². The fourth-order valence-electron chi connectivity index (χ4n) is 10.1. The van der Waals surface area contributed by atoms with Crippen LogP contribution in [0.3, 0.4) is 0 Å². The van der Waals surface area contributed by atoms with Gasteiger partial charge >= 0.3 is 11.9 Å². The van der Waals surface area contributed by atoms with Crippen molar-refractivity contribution in [3.05, 3.63) is 47.6 Å². The smallest absolute Gasteiger partial charge is 0.329 e. The third-order valence-electron chi connectivity index (χ3n) is 14.6. The van der Waals surface area contributed by atoms with Gasteiger partial charge < -0.3 is 49.0 Å². The van der Waals surface area contributed by atoms with Gasteiger partial charge in [-0.1, -0.05) is 93.7 Å². The maximum atomic E-state index is 14.4. The summed E-state index contributed by atoms with van der Waals surface area (Å²) >= 11 is 1.78. The second kappa shape index (κ2) is 29.5. The van der Waals surface area contributed by atoms with Crippen molar-refractivity contribution in [3.63, 3.8) is 0 Å². The van der Waals surface area contributed by atoms with Crippen LogP contribution in [0, 0.1) is 35.5 Å². The molecule has 4 N–H and O–H groups in total. The number of carboxylic acid groups (broad SMARTS) is 1. The maximum Gasteiger partial charge on any atom is 0.329 e. The minimum Gasteiger partial charge on any atom is -0.481 e. The fraction of sp³-hybridized carbons (Fsp3) is 0.736. The first-order valence-corrected chi connectivity index (χ1v) is 26.5. The summed E-state index contributed by atoms with van der Waals surface area (Å²) in [5.41, 5.74) is 1.27. The highest BCUT2D eigenvalue weighted by Gasteiger charge is 2.53. The van der Waals surface area contributed by atoms with Gasteiger partial charge in [-0.2, -0.15) is 0 Å². The van der Waals surface area contributed by atoms with E-state index in [4.69, 9.17) is 28.8 Å². The first-order chi connectivity index (χ1) is 33.0. The molecule has 70 heavy (non-hydrogen) atoms. The van der Waals surface area contributed by atoms with E-state index in [1.54, 1.807) is 63.7 Å². The van der Waals surface area contributed by atoms with Crippen molar-refractivity contribution in [3.8, 4) is 0 Å². The van der Waals surface area contributed by atoms with Crippen molar-refractivity contribution in [2.24, 2.45) is 35.5 Å². The third kappa shape index (κ3) is 17.5. The lowest BCUT2D eigenvalue weighted by molar-refractivity contribution is -0.265. The van der Waals surface area contributed by atoms with Crippen LogP contribution in [0.2, 0.25) is 0 Å². The van der Waals surface area contributed by atoms with Crippen molar-refractivity contribution < 1.29 is 72.9 Å². The van der Waals surface area contributed by atoms with Gasteiger partial charge in [-0.3, -0.25) is 24.0 Å². The van der Waals surface area contributed by atoms with Crippen LogP contribution < -0.4 is 0 Å². The summed E-state index contributed by atoms with van der Waals surface area (Å²) in [5, 5.41) is 41.6. The fourth-order valence-corrected chi connectivity index (χ4v) is 10.1. The average molecular weight is 1100 g/mol. The Balaban J connectivity index is 0.00000246. The largest absolute Gasteiger partial charge is 0.481 e. The van der Waals surface area contributed by atoms with E-state index >= 15 is 0 Å². The molecule has 3 fully saturated rings. The number of nitrogens with zero attached hydrogens (tertiary/aromatic N) is 1. The number of cyclic esters (lactones) is 1. The standard InChI is InChI=1S/C51H79NO13.C2H3IO2/c1-30-16-12-11-13-17-31(2)42(61-8)28-38-21-19-36(7)51(60,65-38)48(57)49(58)52-23-15-14-18-39(52)50(59)64-43(33(4)26-37-20-22-40(53)44(27-37)62-9)29-41(54)32(3)25-35(6)46(56)47(63-10)45(55)34(5)24-30;3-1-2(4)5/h11-13,16-17,25,30,32-34,36-40,42-44,46-47,53,56,60H,14-15,18-24,26-29H2,1-10H3;1H2,(H,4,5)/b13-11+,16-12+,31-17+,35-25+;/t30-,32-,33-,34-,36-,37+,38+,39+,40-,42+,43+,44-,46-,47+,51-;/m1./s1. The van der Waals surface area contributed by atoms with Crippen molar-refractivity contribution in [1.82, 2.24) is 4.90 Å². The number of aliphatic carboxylic acids is 1. The topological polar surface area (TPSA) is 233 Å². The Hall–Kier alpha value is -3.17. The summed E-state index contributed by atoms with van der Waals surface area (Å²) in [6.07, 6.45) is 11.2. The number of Topliss-reactive ketones (excluding diaryl/α,β-unsaturated/α-hetero) is 3. The number of aliphatic hydroxyl groups is 3. The average Bonchev–Trinajstić information content (AvgIpc) is 3.33. The molecule has 3 heterocycles. The Morgan fingerprint density at radius 2 is 1.57 bits per heavy atom. The molecule has 15 atom stereocenters. The number of alkyl halides is 1. The van der Waals surface area contributed by atoms with Gasteiger partial charge in [-0.05, 0) is 107 Å². The number of carbonyl (C=O) groups excluding carboxylic acids is 5. The zero-order chi connectivity index (χ0) is 52.5. The van der Waals surface area contributed by atoms with E-state index in [9.17, 15) is 44.1 Å². The zero-order valence-corrected chi connectivity index (χ0v) is 45.2. The number of carboxylic acids is 1. The number of methoxy groups -OCH3 is 3. The number of carbonyl (C=O) groups is 6. The van der Waals surface area contributed by atoms with E-state index in [0.29, 0.717) is 63.4 Å². The molecule has 1 amide bonds. The monoisotopic (exact) mass is 1100 g/mol. The quantitative estimate of drug-likeness (QED) is 0.0684. The summed E-state index contributed by atoms with van der Waals surface area (Å²) in [6, 6.07) is -1.14. The molecule has 0 radical (unpaired) electrons. The molecular weight excluding hydrogens is 1020 g/mol. The number of piperidine rings is 1. The molecule has 0 aromatic rings. The number of rotatable bonds is 7. The number of esters is 1. The van der Waals surface area contributed by atoms with Crippen LogP contribution in [0.1, 0.15) is 126 Å². The minimum absolute atomic E-state index is 0.0193. The molecule has 0 aromatic carbocycles. The van der Waals surface area contributed by atoms with E-state index in [1.807, 2.05) is 58.1 Å². The lowest BCUT2D eigenvalue weighted by Gasteiger charge is -2.42. The van der Waals surface area contributed by atoms with Crippen LogP contribution in [0.25, 0.3) is 0 Å². The van der Waals surface area contributed by atoms with Gasteiger partial charge in [0.25, 0.3) is 11.7 Å². The minimum atomic E-state index is -2.43. The van der Waals surface area contributed by atoms with Crippen molar-refractivity contribution in [1.29, 1.82) is 0 Å². The summed E-state index contributed by atoms with van der Waals surface area (Å²) in [6.45, 7) is 12.7. The molecular formula is C53H82INO15. The van der Waals surface area contributed by atoms with Crippen LogP contribution in [-0.2, 0) is 52.5 Å². The maximum absolute atomic E-state index is 14.4. The summed E-state index contributed by atoms with van der Waals surface area (Å²) in [5.74, 6) is -8.72. The molecule has 2 saturated heterocycles. The molecule has 1 saturated carbocycles. The number of ether oxygens (including phenoxy) is 5. The van der Waals surface area contributed by atoms with Gasteiger partial charge in [0.05, 0.1) is 28.8 Å². The summed E-state index contributed by atoms with van der Waals surface area (Å²) in [7, 11) is 4.52. The predicted octanol–water partition coefficient (Wildman–Crippen LogP) is 6.69. The van der Waals surface area contributed by atoms with Gasteiger partial charge in [0.15, 0.2) is 5.78 Å². The Labute approximate surface area is 429 Å². The Morgan fingerprint density at radius 1 is 0.886 bits per heavy atom. The van der Waals surface area contributed by atoms with Crippen LogP contribution >= 0.6 is 22.6 Å². The van der Waals surface area contributed by atoms with Crippen molar-refractivity contribution in [2.75, 3.05) is 32.3 Å². The number of hydrogen-bond acceptors (Lipinski definition) is 14. The first kappa shape index (κ1) is 61.1. The predicted molar refractivity (Wildman–Crippen MR) is 272 cm³/mol. The second-order valence-corrected chi connectivity index (χ2v) is 20.9. The SMILES string of the molecule is CO[C@H]1C[C@@H]2CC[C@@H](C)[C@@](O)(O2)C(=O)C(=O)N2CCCC[C@H]2C(=O)O[C@H]([C@H](C)C[C@@H]2CC[C@@H](O)[C@H](OC)C2)CC(=O)[C@H](C)/C=C(\C)[C@@H](O)[C@@H](OC)C(=O)[C@H](C)C[C@H](C)/C=C/C=C/C=C/1C.O=C(O)CI. The van der Waals surface area contributed by atoms with E-state index in [1.165, 1.54) is 12.0 Å². The third-order valence-corrected chi connectivity index (χ3v) is 15.2. The van der Waals surface area contributed by atoms with E-state index in [-0.39, 0.29) is 59.2 Å². The summed E-state index contributed by atoms with van der Waals surface area (Å²) in [4.78, 5) is 81.1. The lowest BCUT2D eigenvalue weighted by Crippen LogP contribution is -2.61. The first-order valence-electron chi connectivity index (χ1n) is 25.0. The molecule has 1 aliphatic carbocycles. The molecule has 3 aliphatic heterocycles. The molecule has 0 spiro atoms. The molecule has 0 unspecified atom stereocenters. The van der Waals surface area contributed by atoms with Gasteiger partial charge in [-0.25, -0.2) is 4.79 Å². The highest BCUT2D eigenvalue weighted by atomic mass is 127. The summed E-state index contributed by atoms with van der Waals surface area (Å²) < 4.78 is 29.6.